The van der Waals surface area contributed by atoms with Gasteiger partial charge in [-0.15, -0.1) is 0 Å². The summed E-state index contributed by atoms with van der Waals surface area (Å²) in [5, 5.41) is 14.6. The van der Waals surface area contributed by atoms with Gasteiger partial charge >= 0.3 is 5.82 Å². The lowest BCUT2D eigenvalue weighted by Crippen LogP contribution is -2.24. The fraction of sp³-hybridized carbons (Fsp3) is 0.154. The summed E-state index contributed by atoms with van der Waals surface area (Å²) in [5.41, 5.74) is 3.16. The predicted octanol–water partition coefficient (Wildman–Crippen LogP) is 1.25. The van der Waals surface area contributed by atoms with Crippen molar-refractivity contribution >= 4 is 17.9 Å². The SMILES string of the molecule is Cc1ncc([N+](=O)[O-])n1CC(=O)N/N=C/c1ccccc1. The first-order chi connectivity index (χ1) is 10.1. The van der Waals surface area contributed by atoms with Gasteiger partial charge in [-0.3, -0.25) is 4.79 Å². The third-order valence-corrected chi connectivity index (χ3v) is 2.73. The van der Waals surface area contributed by atoms with Crippen LogP contribution in [-0.4, -0.2) is 26.6 Å². The van der Waals surface area contributed by atoms with Gasteiger partial charge in [0.1, 0.15) is 6.20 Å². The molecular formula is C13H13N5O3. The van der Waals surface area contributed by atoms with Crippen molar-refractivity contribution < 1.29 is 9.72 Å². The Kier molecular flexibility index (Phi) is 4.39. The van der Waals surface area contributed by atoms with Gasteiger partial charge in [-0.2, -0.15) is 5.10 Å². The van der Waals surface area contributed by atoms with Crippen molar-refractivity contribution in [1.82, 2.24) is 15.0 Å². The second-order valence-electron chi connectivity index (χ2n) is 4.21. The molecule has 108 valence electrons. The number of benzene rings is 1. The van der Waals surface area contributed by atoms with E-state index in [4.69, 9.17) is 0 Å². The third-order valence-electron chi connectivity index (χ3n) is 2.73. The highest BCUT2D eigenvalue weighted by atomic mass is 16.6. The number of imidazole rings is 1. The van der Waals surface area contributed by atoms with E-state index in [-0.39, 0.29) is 12.4 Å². The topological polar surface area (TPSA) is 102 Å². The summed E-state index contributed by atoms with van der Waals surface area (Å²) in [7, 11) is 0. The Morgan fingerprint density at radius 1 is 1.48 bits per heavy atom. The molecular weight excluding hydrogens is 274 g/mol. The fourth-order valence-electron chi connectivity index (χ4n) is 1.69. The number of aryl methyl sites for hydroxylation is 1. The van der Waals surface area contributed by atoms with E-state index in [9.17, 15) is 14.9 Å². The van der Waals surface area contributed by atoms with Crippen molar-refractivity contribution in [2.75, 3.05) is 0 Å². The molecule has 1 N–H and O–H groups in total. The van der Waals surface area contributed by atoms with Crippen molar-refractivity contribution in [3.05, 3.63) is 58.0 Å². The first-order valence-electron chi connectivity index (χ1n) is 6.11. The zero-order chi connectivity index (χ0) is 15.2. The quantitative estimate of drug-likeness (QED) is 0.508. The van der Waals surface area contributed by atoms with E-state index in [0.717, 1.165) is 11.8 Å². The molecule has 1 aromatic heterocycles. The van der Waals surface area contributed by atoms with Crippen LogP contribution in [0.3, 0.4) is 0 Å². The second-order valence-corrected chi connectivity index (χ2v) is 4.21. The molecule has 0 unspecified atom stereocenters. The molecule has 0 saturated carbocycles. The lowest BCUT2D eigenvalue weighted by molar-refractivity contribution is -0.392. The summed E-state index contributed by atoms with van der Waals surface area (Å²) in [6.45, 7) is 1.38. The van der Waals surface area contributed by atoms with Crippen LogP contribution >= 0.6 is 0 Å². The Bertz CT molecular complexity index is 678. The Labute approximate surface area is 120 Å². The van der Waals surface area contributed by atoms with Gasteiger partial charge in [0, 0.05) is 6.92 Å². The minimum absolute atomic E-state index is 0.214. The van der Waals surface area contributed by atoms with Crippen LogP contribution in [0.5, 0.6) is 0 Å². The summed E-state index contributed by atoms with van der Waals surface area (Å²) in [4.78, 5) is 25.8. The zero-order valence-corrected chi connectivity index (χ0v) is 11.3. The maximum Gasteiger partial charge on any atom is 0.343 e. The van der Waals surface area contributed by atoms with Crippen LogP contribution < -0.4 is 5.43 Å². The molecule has 8 nitrogen and oxygen atoms in total. The average molecular weight is 287 g/mol. The van der Waals surface area contributed by atoms with E-state index in [2.05, 4.69) is 15.5 Å². The molecule has 21 heavy (non-hydrogen) atoms. The number of hydrogen-bond acceptors (Lipinski definition) is 5. The largest absolute Gasteiger partial charge is 0.358 e. The summed E-state index contributed by atoms with van der Waals surface area (Å²) in [5.74, 6) is -0.301. The Hall–Kier alpha value is -3.03. The number of nitrogens with one attached hydrogen (secondary N) is 1. The smallest absolute Gasteiger partial charge is 0.343 e. The van der Waals surface area contributed by atoms with Gasteiger partial charge in [-0.05, 0) is 10.5 Å². The summed E-state index contributed by atoms with van der Waals surface area (Å²) >= 11 is 0. The zero-order valence-electron chi connectivity index (χ0n) is 11.3. The van der Waals surface area contributed by atoms with E-state index >= 15 is 0 Å². The summed E-state index contributed by atoms with van der Waals surface area (Å²) in [6.07, 6.45) is 2.61. The van der Waals surface area contributed by atoms with Gasteiger partial charge in [0.25, 0.3) is 5.91 Å². The highest BCUT2D eigenvalue weighted by Gasteiger charge is 2.19. The number of aromatic nitrogens is 2. The van der Waals surface area contributed by atoms with Crippen LogP contribution in [-0.2, 0) is 11.3 Å². The number of carbonyl (C=O) groups is 1. The molecule has 0 radical (unpaired) electrons. The fourth-order valence-corrected chi connectivity index (χ4v) is 1.69. The highest BCUT2D eigenvalue weighted by molar-refractivity contribution is 5.82. The van der Waals surface area contributed by atoms with E-state index in [1.807, 2.05) is 30.3 Å². The molecule has 0 aliphatic heterocycles. The van der Waals surface area contributed by atoms with Gasteiger partial charge in [-0.1, -0.05) is 30.3 Å². The first kappa shape index (κ1) is 14.4. The van der Waals surface area contributed by atoms with Crippen molar-refractivity contribution in [2.24, 2.45) is 5.10 Å². The van der Waals surface area contributed by atoms with Gasteiger partial charge in [0.15, 0.2) is 12.4 Å². The second kappa shape index (κ2) is 6.42. The molecule has 0 saturated heterocycles. The third kappa shape index (κ3) is 3.72. The predicted molar refractivity (Wildman–Crippen MR) is 75.8 cm³/mol. The summed E-state index contributed by atoms with van der Waals surface area (Å²) in [6, 6.07) is 9.24. The van der Waals surface area contributed by atoms with Crippen molar-refractivity contribution in [2.45, 2.75) is 13.5 Å². The van der Waals surface area contributed by atoms with E-state index in [1.54, 1.807) is 6.92 Å². The van der Waals surface area contributed by atoms with Crippen LogP contribution in [0.4, 0.5) is 5.82 Å². The average Bonchev–Trinajstić information content (AvgIpc) is 2.81. The molecule has 2 aromatic rings. The molecule has 1 amide bonds. The number of nitro groups is 1. The normalized spacial score (nSPS) is 10.7. The van der Waals surface area contributed by atoms with Gasteiger partial charge in [0.05, 0.1) is 6.21 Å². The minimum Gasteiger partial charge on any atom is -0.358 e. The first-order valence-corrected chi connectivity index (χ1v) is 6.11. The van der Waals surface area contributed by atoms with Crippen LogP contribution in [0.15, 0.2) is 41.6 Å². The standard InChI is InChI=1S/C13H13N5O3/c1-10-14-8-13(18(20)21)17(10)9-12(19)16-15-7-11-5-3-2-4-6-11/h2-8H,9H2,1H3,(H,16,19)/b15-7+. The molecule has 0 aliphatic carbocycles. The van der Waals surface area contributed by atoms with Crippen molar-refractivity contribution in [1.29, 1.82) is 0 Å². The molecule has 0 bridgehead atoms. The number of amides is 1. The van der Waals surface area contributed by atoms with E-state index < -0.39 is 10.8 Å². The Morgan fingerprint density at radius 2 is 2.19 bits per heavy atom. The lowest BCUT2D eigenvalue weighted by Gasteiger charge is -2.01. The van der Waals surface area contributed by atoms with Crippen molar-refractivity contribution in [3.8, 4) is 0 Å². The van der Waals surface area contributed by atoms with Crippen LogP contribution in [0.25, 0.3) is 0 Å². The highest BCUT2D eigenvalue weighted by Crippen LogP contribution is 2.12. The molecule has 0 spiro atoms. The van der Waals surface area contributed by atoms with Gasteiger partial charge < -0.3 is 10.1 Å². The van der Waals surface area contributed by atoms with E-state index in [0.29, 0.717) is 5.82 Å². The molecule has 1 heterocycles. The van der Waals surface area contributed by atoms with Crippen LogP contribution in [0.1, 0.15) is 11.4 Å². The molecule has 8 heteroatoms. The van der Waals surface area contributed by atoms with Crippen LogP contribution in [0.2, 0.25) is 0 Å². The van der Waals surface area contributed by atoms with Crippen molar-refractivity contribution in [3.63, 3.8) is 0 Å². The number of carbonyl (C=O) groups excluding carboxylic acids is 1. The summed E-state index contributed by atoms with van der Waals surface area (Å²) < 4.78 is 1.22. The maximum atomic E-state index is 11.7. The molecule has 0 aliphatic rings. The lowest BCUT2D eigenvalue weighted by atomic mass is 10.2. The monoisotopic (exact) mass is 287 g/mol. The number of nitrogens with zero attached hydrogens (tertiary/aromatic N) is 4. The van der Waals surface area contributed by atoms with E-state index in [1.165, 1.54) is 10.8 Å². The van der Waals surface area contributed by atoms with Gasteiger partial charge in [0.2, 0.25) is 0 Å². The molecule has 0 atom stereocenters. The Morgan fingerprint density at radius 3 is 2.86 bits per heavy atom. The van der Waals surface area contributed by atoms with Gasteiger partial charge in [-0.25, -0.2) is 15.0 Å². The maximum absolute atomic E-state index is 11.7. The number of hydrazone groups is 1. The molecule has 0 fully saturated rings. The van der Waals surface area contributed by atoms with Crippen LogP contribution in [0, 0.1) is 17.0 Å². The molecule has 2 rings (SSSR count). The Balaban J connectivity index is 1.98. The molecule has 1 aromatic carbocycles. The minimum atomic E-state index is -0.583. The number of hydrogen-bond donors (Lipinski definition) is 1. The number of rotatable bonds is 5.